The van der Waals surface area contributed by atoms with Gasteiger partial charge in [0, 0.05) is 11.1 Å². The van der Waals surface area contributed by atoms with Gasteiger partial charge < -0.3 is 9.31 Å². The van der Waals surface area contributed by atoms with Gasteiger partial charge in [-0.05, 0) is 57.4 Å². The number of nitrogens with zero attached hydrogens (tertiary/aromatic N) is 2. The van der Waals surface area contributed by atoms with Crippen LogP contribution in [0.15, 0.2) is 66.7 Å². The first-order valence-electron chi connectivity index (χ1n) is 10.4. The monoisotopic (exact) mass is 397 g/mol. The van der Waals surface area contributed by atoms with Gasteiger partial charge in [-0.25, -0.2) is 5.01 Å². The lowest BCUT2D eigenvalue weighted by Gasteiger charge is -2.38. The van der Waals surface area contributed by atoms with Gasteiger partial charge in [-0.1, -0.05) is 42.5 Å². The summed E-state index contributed by atoms with van der Waals surface area (Å²) in [6, 6.07) is 23.4. The number of hydrazine groups is 2. The van der Waals surface area contributed by atoms with Crippen LogP contribution in [0.5, 0.6) is 0 Å². The highest BCUT2D eigenvalue weighted by Gasteiger charge is 2.52. The van der Waals surface area contributed by atoms with Crippen LogP contribution in [-0.4, -0.2) is 18.3 Å². The average Bonchev–Trinajstić information content (AvgIpc) is 3.22. The van der Waals surface area contributed by atoms with Crippen LogP contribution in [0.3, 0.4) is 0 Å². The summed E-state index contributed by atoms with van der Waals surface area (Å²) >= 11 is 0. The standard InChI is InChI=1S/C24H24BN3O2/c1-23(2)24(3,4)30-25(29-23)16-13-14-21-18(15-16)17-9-5-7-11-20(17)27-22-12-8-6-10-19(22)26-28(21)27/h5-15,26H,1-4H3. The van der Waals surface area contributed by atoms with Crippen LogP contribution >= 0.6 is 0 Å². The molecule has 30 heavy (non-hydrogen) atoms. The second-order valence-corrected chi connectivity index (χ2v) is 9.13. The largest absolute Gasteiger partial charge is 0.494 e. The molecule has 0 spiro atoms. The Hall–Kier alpha value is -2.96. The van der Waals surface area contributed by atoms with Crippen molar-refractivity contribution in [3.05, 3.63) is 66.7 Å². The Labute approximate surface area is 177 Å². The number of nitrogens with one attached hydrogen (secondary N) is 1. The van der Waals surface area contributed by atoms with Crippen LogP contribution in [-0.2, 0) is 9.31 Å². The summed E-state index contributed by atoms with van der Waals surface area (Å²) in [5.41, 5.74) is 10.7. The second kappa shape index (κ2) is 5.81. The number of rotatable bonds is 1. The van der Waals surface area contributed by atoms with Crippen LogP contribution in [0.25, 0.3) is 11.1 Å². The summed E-state index contributed by atoms with van der Waals surface area (Å²) in [4.78, 5) is 0. The Kier molecular flexibility index (Phi) is 3.46. The Bertz CT molecular complexity index is 1160. The number of para-hydroxylation sites is 3. The number of anilines is 4. The van der Waals surface area contributed by atoms with Crippen molar-refractivity contribution in [2.45, 2.75) is 38.9 Å². The van der Waals surface area contributed by atoms with Crippen molar-refractivity contribution in [1.82, 2.24) is 0 Å². The van der Waals surface area contributed by atoms with Crippen molar-refractivity contribution in [1.29, 1.82) is 0 Å². The van der Waals surface area contributed by atoms with Crippen molar-refractivity contribution in [2.24, 2.45) is 0 Å². The normalized spacial score (nSPS) is 19.7. The van der Waals surface area contributed by atoms with E-state index < -0.39 is 0 Å². The lowest BCUT2D eigenvalue weighted by Crippen LogP contribution is -2.42. The molecule has 150 valence electrons. The Morgan fingerprint density at radius 2 is 1.40 bits per heavy atom. The third-order valence-electron chi connectivity index (χ3n) is 6.76. The second-order valence-electron chi connectivity index (χ2n) is 9.13. The lowest BCUT2D eigenvalue weighted by atomic mass is 9.77. The van der Waals surface area contributed by atoms with Gasteiger partial charge in [-0.2, -0.15) is 5.12 Å². The van der Waals surface area contributed by atoms with Crippen LogP contribution in [0.2, 0.25) is 0 Å². The number of benzene rings is 3. The maximum Gasteiger partial charge on any atom is 0.494 e. The van der Waals surface area contributed by atoms with E-state index in [0.29, 0.717) is 0 Å². The maximum atomic E-state index is 6.30. The van der Waals surface area contributed by atoms with Crippen LogP contribution in [0.4, 0.5) is 22.7 Å². The first-order chi connectivity index (χ1) is 14.4. The van der Waals surface area contributed by atoms with Crippen molar-refractivity contribution in [3.63, 3.8) is 0 Å². The van der Waals surface area contributed by atoms with E-state index in [9.17, 15) is 0 Å². The molecule has 0 unspecified atom stereocenters. The number of hydrogen-bond acceptors (Lipinski definition) is 5. The molecule has 5 nitrogen and oxygen atoms in total. The fraction of sp³-hybridized carbons (Fsp3) is 0.250. The highest BCUT2D eigenvalue weighted by molar-refractivity contribution is 6.62. The molecule has 3 aromatic carbocycles. The highest BCUT2D eigenvalue weighted by atomic mass is 16.7. The fourth-order valence-corrected chi connectivity index (χ4v) is 4.40. The smallest absolute Gasteiger partial charge is 0.399 e. The van der Waals surface area contributed by atoms with E-state index >= 15 is 0 Å². The Balaban J connectivity index is 1.48. The molecule has 1 saturated heterocycles. The van der Waals surface area contributed by atoms with Gasteiger partial charge in [0.1, 0.15) is 0 Å². The van der Waals surface area contributed by atoms with Crippen molar-refractivity contribution >= 4 is 35.3 Å². The van der Waals surface area contributed by atoms with Gasteiger partial charge in [0.05, 0.1) is 34.0 Å². The zero-order chi connectivity index (χ0) is 20.7. The molecule has 3 heterocycles. The molecule has 0 aromatic heterocycles. The molecule has 3 aliphatic rings. The van der Waals surface area contributed by atoms with E-state index in [2.05, 4.69) is 110 Å². The number of hydrogen-bond donors (Lipinski definition) is 1. The third kappa shape index (κ3) is 2.32. The van der Waals surface area contributed by atoms with Crippen LogP contribution in [0.1, 0.15) is 27.7 Å². The zero-order valence-corrected chi connectivity index (χ0v) is 17.6. The van der Waals surface area contributed by atoms with Gasteiger partial charge in [-0.15, -0.1) is 0 Å². The predicted molar refractivity (Wildman–Crippen MR) is 122 cm³/mol. The van der Waals surface area contributed by atoms with Crippen LogP contribution in [0, 0.1) is 0 Å². The van der Waals surface area contributed by atoms with E-state index in [1.807, 2.05) is 0 Å². The predicted octanol–water partition coefficient (Wildman–Crippen LogP) is 4.87. The summed E-state index contributed by atoms with van der Waals surface area (Å²) in [6.45, 7) is 8.35. The summed E-state index contributed by atoms with van der Waals surface area (Å²) in [7, 11) is -0.380. The molecule has 0 bridgehead atoms. The minimum absolute atomic E-state index is 0.361. The van der Waals surface area contributed by atoms with E-state index in [0.717, 1.165) is 33.8 Å². The molecule has 6 rings (SSSR count). The van der Waals surface area contributed by atoms with Gasteiger partial charge in [0.2, 0.25) is 0 Å². The Morgan fingerprint density at radius 3 is 2.17 bits per heavy atom. The molecule has 1 fully saturated rings. The molecule has 3 aromatic rings. The van der Waals surface area contributed by atoms with Crippen molar-refractivity contribution < 1.29 is 9.31 Å². The SMILES string of the molecule is CC1(C)OB(c2ccc3c(c2)-c2ccccc2N2c4ccccc4NN32)OC1(C)C. The molecule has 0 aliphatic carbocycles. The minimum Gasteiger partial charge on any atom is -0.399 e. The topological polar surface area (TPSA) is 37.0 Å². The first-order valence-corrected chi connectivity index (χ1v) is 10.4. The summed E-state index contributed by atoms with van der Waals surface area (Å²) < 4.78 is 12.6. The van der Waals surface area contributed by atoms with Crippen LogP contribution < -0.4 is 21.0 Å². The van der Waals surface area contributed by atoms with Gasteiger partial charge in [0.15, 0.2) is 0 Å². The zero-order valence-electron chi connectivity index (χ0n) is 17.6. The van der Waals surface area contributed by atoms with Crippen molar-refractivity contribution in [2.75, 3.05) is 15.6 Å². The van der Waals surface area contributed by atoms with Gasteiger partial charge in [0.25, 0.3) is 0 Å². The van der Waals surface area contributed by atoms with Gasteiger partial charge in [-0.3, -0.25) is 5.43 Å². The molecule has 0 saturated carbocycles. The van der Waals surface area contributed by atoms with E-state index in [1.54, 1.807) is 0 Å². The third-order valence-corrected chi connectivity index (χ3v) is 6.76. The Morgan fingerprint density at radius 1 is 0.733 bits per heavy atom. The van der Waals surface area contributed by atoms with E-state index in [1.165, 1.54) is 5.56 Å². The van der Waals surface area contributed by atoms with Gasteiger partial charge >= 0.3 is 7.12 Å². The summed E-state index contributed by atoms with van der Waals surface area (Å²) in [6.07, 6.45) is 0. The lowest BCUT2D eigenvalue weighted by molar-refractivity contribution is 0.00578. The minimum atomic E-state index is -0.380. The molecular formula is C24H24BN3O2. The molecular weight excluding hydrogens is 373 g/mol. The summed E-state index contributed by atoms with van der Waals surface area (Å²) in [5.74, 6) is 0. The molecule has 3 aliphatic heterocycles. The quantitative estimate of drug-likeness (QED) is 0.594. The maximum absolute atomic E-state index is 6.30. The first kappa shape index (κ1) is 17.9. The molecule has 6 heteroatoms. The van der Waals surface area contributed by atoms with Crippen molar-refractivity contribution in [3.8, 4) is 11.1 Å². The highest BCUT2D eigenvalue weighted by Crippen LogP contribution is 2.51. The van der Waals surface area contributed by atoms with E-state index in [-0.39, 0.29) is 18.3 Å². The fourth-order valence-electron chi connectivity index (χ4n) is 4.40. The molecule has 0 atom stereocenters. The molecule has 0 radical (unpaired) electrons. The summed E-state index contributed by atoms with van der Waals surface area (Å²) in [5, 5.41) is 4.36. The molecule has 1 N–H and O–H groups in total. The average molecular weight is 397 g/mol. The number of fused-ring (bicyclic) bond motifs is 8. The van der Waals surface area contributed by atoms with E-state index in [4.69, 9.17) is 9.31 Å². The molecule has 0 amide bonds.